The highest BCUT2D eigenvalue weighted by atomic mass is 16.5. The Bertz CT molecular complexity index is 1070. The van der Waals surface area contributed by atoms with Crippen LogP contribution in [-0.2, 0) is 9.59 Å². The van der Waals surface area contributed by atoms with Crippen molar-refractivity contribution in [2.75, 3.05) is 16.8 Å². The van der Waals surface area contributed by atoms with Crippen LogP contribution in [0, 0.1) is 11.3 Å². The Hall–Kier alpha value is -4.11. The first-order valence-electron chi connectivity index (χ1n) is 9.47. The summed E-state index contributed by atoms with van der Waals surface area (Å²) in [5.74, 6) is 0.744. The summed E-state index contributed by atoms with van der Waals surface area (Å²) in [6.45, 7) is 1.62. The number of anilines is 2. The molecule has 0 saturated carbocycles. The number of amides is 2. The van der Waals surface area contributed by atoms with E-state index in [9.17, 15) is 9.59 Å². The van der Waals surface area contributed by atoms with Crippen molar-refractivity contribution in [2.24, 2.45) is 0 Å². The number of carbonyl (C=O) groups excluding carboxylic acids is 2. The summed E-state index contributed by atoms with van der Waals surface area (Å²) in [4.78, 5) is 26.1. The third-order valence-electron chi connectivity index (χ3n) is 4.36. The number of nitrogens with one attached hydrogen (secondary N) is 1. The van der Waals surface area contributed by atoms with Crippen molar-refractivity contribution in [1.82, 2.24) is 0 Å². The number of hydrogen-bond donors (Lipinski definition) is 1. The molecule has 2 amide bonds. The molecule has 0 saturated heterocycles. The lowest BCUT2D eigenvalue weighted by atomic mass is 10.2. The molecule has 0 unspecified atom stereocenters. The summed E-state index contributed by atoms with van der Waals surface area (Å²) in [5, 5.41) is 11.9. The van der Waals surface area contributed by atoms with Crippen molar-refractivity contribution in [2.45, 2.75) is 13.3 Å². The first kappa shape index (κ1) is 20.6. The van der Waals surface area contributed by atoms with E-state index >= 15 is 0 Å². The van der Waals surface area contributed by atoms with E-state index in [1.807, 2.05) is 42.5 Å². The minimum atomic E-state index is -0.248. The lowest BCUT2D eigenvalue weighted by molar-refractivity contribution is -0.117. The van der Waals surface area contributed by atoms with Gasteiger partial charge in [0.05, 0.1) is 17.3 Å². The molecule has 3 aromatic rings. The third kappa shape index (κ3) is 5.46. The molecule has 3 aromatic carbocycles. The molecule has 6 heteroatoms. The van der Waals surface area contributed by atoms with Crippen LogP contribution in [0.2, 0.25) is 0 Å². The van der Waals surface area contributed by atoms with Gasteiger partial charge >= 0.3 is 0 Å². The molecular weight excluding hydrogens is 378 g/mol. The van der Waals surface area contributed by atoms with Gasteiger partial charge in [-0.3, -0.25) is 9.59 Å². The number of nitriles is 1. The van der Waals surface area contributed by atoms with Gasteiger partial charge in [-0.1, -0.05) is 36.4 Å². The Kier molecular flexibility index (Phi) is 6.80. The van der Waals surface area contributed by atoms with E-state index in [4.69, 9.17) is 10.00 Å². The van der Waals surface area contributed by atoms with Crippen LogP contribution in [0.15, 0.2) is 78.9 Å². The number of rotatable bonds is 7. The topological polar surface area (TPSA) is 82.4 Å². The van der Waals surface area contributed by atoms with Gasteiger partial charge in [0.15, 0.2) is 5.75 Å². The number of hydrogen-bond acceptors (Lipinski definition) is 4. The Morgan fingerprint density at radius 2 is 1.73 bits per heavy atom. The summed E-state index contributed by atoms with van der Waals surface area (Å²) in [5.41, 5.74) is 1.59. The molecular formula is C24H21N3O3. The van der Waals surface area contributed by atoms with E-state index in [-0.39, 0.29) is 24.8 Å². The summed E-state index contributed by atoms with van der Waals surface area (Å²) in [6, 6.07) is 25.3. The molecule has 0 atom stereocenters. The van der Waals surface area contributed by atoms with Crippen LogP contribution in [0.3, 0.4) is 0 Å². The van der Waals surface area contributed by atoms with Crippen molar-refractivity contribution >= 4 is 23.2 Å². The largest absolute Gasteiger partial charge is 0.455 e. The van der Waals surface area contributed by atoms with Crippen LogP contribution in [0.1, 0.15) is 18.9 Å². The summed E-state index contributed by atoms with van der Waals surface area (Å²) < 4.78 is 5.86. The molecule has 6 nitrogen and oxygen atoms in total. The van der Waals surface area contributed by atoms with E-state index < -0.39 is 0 Å². The van der Waals surface area contributed by atoms with Crippen molar-refractivity contribution < 1.29 is 14.3 Å². The minimum Gasteiger partial charge on any atom is -0.455 e. The van der Waals surface area contributed by atoms with Crippen LogP contribution >= 0.6 is 0 Å². The maximum atomic E-state index is 12.5. The Balaban J connectivity index is 1.66. The molecule has 0 aliphatic carbocycles. The van der Waals surface area contributed by atoms with Gasteiger partial charge in [-0.25, -0.2) is 0 Å². The zero-order valence-corrected chi connectivity index (χ0v) is 16.5. The van der Waals surface area contributed by atoms with E-state index in [2.05, 4.69) is 11.4 Å². The number of ether oxygens (including phenoxy) is 1. The Labute approximate surface area is 175 Å². The highest BCUT2D eigenvalue weighted by Crippen LogP contribution is 2.29. The van der Waals surface area contributed by atoms with Gasteiger partial charge in [0.1, 0.15) is 5.75 Å². The second-order valence-electron chi connectivity index (χ2n) is 6.54. The molecule has 0 aliphatic heterocycles. The van der Waals surface area contributed by atoms with Crippen molar-refractivity contribution in [3.8, 4) is 17.6 Å². The molecule has 150 valence electrons. The maximum Gasteiger partial charge on any atom is 0.226 e. The number of benzene rings is 3. The van der Waals surface area contributed by atoms with Crippen molar-refractivity contribution in [1.29, 1.82) is 5.26 Å². The van der Waals surface area contributed by atoms with Gasteiger partial charge in [-0.2, -0.15) is 5.26 Å². The van der Waals surface area contributed by atoms with Gasteiger partial charge < -0.3 is 15.0 Å². The van der Waals surface area contributed by atoms with Gasteiger partial charge in [0.2, 0.25) is 11.8 Å². The highest BCUT2D eigenvalue weighted by Gasteiger charge is 2.15. The predicted octanol–water partition coefficient (Wildman–Crippen LogP) is 4.73. The molecule has 0 radical (unpaired) electrons. The average Bonchev–Trinajstić information content (AvgIpc) is 2.76. The lowest BCUT2D eigenvalue weighted by Gasteiger charge is -2.21. The molecule has 0 aromatic heterocycles. The van der Waals surface area contributed by atoms with Crippen LogP contribution in [0.4, 0.5) is 11.4 Å². The number of nitrogens with zero attached hydrogens (tertiary/aromatic N) is 2. The SMILES string of the molecule is CC(=O)N(CCC(=O)Nc1ccccc1Oc1ccccc1)c1cccc(C#N)c1. The van der Waals surface area contributed by atoms with Crippen LogP contribution in [0.5, 0.6) is 11.5 Å². The van der Waals surface area contributed by atoms with Gasteiger partial charge in [-0.05, 0) is 42.5 Å². The normalized spacial score (nSPS) is 10.0. The Morgan fingerprint density at radius 1 is 1.00 bits per heavy atom. The number of carbonyl (C=O) groups is 2. The second kappa shape index (κ2) is 9.89. The van der Waals surface area contributed by atoms with Crippen LogP contribution in [-0.4, -0.2) is 18.4 Å². The summed E-state index contributed by atoms with van der Waals surface area (Å²) in [7, 11) is 0. The maximum absolute atomic E-state index is 12.5. The minimum absolute atomic E-state index is 0.0933. The van der Waals surface area contributed by atoms with E-state index in [1.54, 1.807) is 36.4 Å². The molecule has 3 rings (SSSR count). The number of para-hydroxylation sites is 3. The molecule has 0 aliphatic rings. The first-order valence-corrected chi connectivity index (χ1v) is 9.47. The van der Waals surface area contributed by atoms with Gasteiger partial charge in [-0.15, -0.1) is 0 Å². The average molecular weight is 399 g/mol. The zero-order chi connectivity index (χ0) is 21.3. The highest BCUT2D eigenvalue weighted by molar-refractivity contribution is 5.95. The fraction of sp³-hybridized carbons (Fsp3) is 0.125. The van der Waals surface area contributed by atoms with Crippen LogP contribution in [0.25, 0.3) is 0 Å². The van der Waals surface area contributed by atoms with Crippen molar-refractivity contribution in [3.05, 3.63) is 84.4 Å². The Morgan fingerprint density at radius 3 is 2.47 bits per heavy atom. The van der Waals surface area contributed by atoms with Gasteiger partial charge in [0.25, 0.3) is 0 Å². The second-order valence-corrected chi connectivity index (χ2v) is 6.54. The van der Waals surface area contributed by atoms with E-state index in [0.29, 0.717) is 28.4 Å². The fourth-order valence-corrected chi connectivity index (χ4v) is 2.91. The fourth-order valence-electron chi connectivity index (χ4n) is 2.91. The molecule has 0 spiro atoms. The smallest absolute Gasteiger partial charge is 0.226 e. The molecule has 0 bridgehead atoms. The lowest BCUT2D eigenvalue weighted by Crippen LogP contribution is -2.32. The molecule has 0 heterocycles. The van der Waals surface area contributed by atoms with E-state index in [1.165, 1.54) is 11.8 Å². The van der Waals surface area contributed by atoms with Crippen LogP contribution < -0.4 is 15.0 Å². The van der Waals surface area contributed by atoms with Crippen molar-refractivity contribution in [3.63, 3.8) is 0 Å². The first-order chi connectivity index (χ1) is 14.6. The third-order valence-corrected chi connectivity index (χ3v) is 4.36. The molecule has 30 heavy (non-hydrogen) atoms. The summed E-state index contributed by atoms with van der Waals surface area (Å²) >= 11 is 0. The standard InChI is InChI=1S/C24H21N3O3/c1-18(28)27(20-9-7-8-19(16-20)17-25)15-14-24(29)26-22-12-5-6-13-23(22)30-21-10-3-2-4-11-21/h2-13,16H,14-15H2,1H3,(H,26,29). The zero-order valence-electron chi connectivity index (χ0n) is 16.5. The monoisotopic (exact) mass is 399 g/mol. The molecule has 1 N–H and O–H groups in total. The van der Waals surface area contributed by atoms with E-state index in [0.717, 1.165) is 0 Å². The molecule has 0 fully saturated rings. The quantitative estimate of drug-likeness (QED) is 0.622. The predicted molar refractivity (Wildman–Crippen MR) is 115 cm³/mol. The summed E-state index contributed by atoms with van der Waals surface area (Å²) in [6.07, 6.45) is 0.0933. The van der Waals surface area contributed by atoms with Gasteiger partial charge in [0, 0.05) is 25.6 Å².